The molecule has 2 amide bonds. The summed E-state index contributed by atoms with van der Waals surface area (Å²) in [5.41, 5.74) is 7.18. The summed E-state index contributed by atoms with van der Waals surface area (Å²) in [6.45, 7) is 2.71. The molecular weight excluding hydrogens is 178 g/mol. The number of nitrogens with two attached hydrogens (primary N) is 1. The smallest absolute Gasteiger partial charge is 0.322 e. The van der Waals surface area contributed by atoms with Crippen molar-refractivity contribution in [2.75, 3.05) is 17.2 Å². The van der Waals surface area contributed by atoms with Crippen molar-refractivity contribution in [2.45, 2.75) is 13.0 Å². The fourth-order valence-electron chi connectivity index (χ4n) is 1.62. The van der Waals surface area contributed by atoms with Crippen molar-refractivity contribution in [3.8, 4) is 0 Å². The quantitative estimate of drug-likeness (QED) is 0.655. The van der Waals surface area contributed by atoms with Crippen LogP contribution >= 0.6 is 0 Å². The van der Waals surface area contributed by atoms with Crippen LogP contribution in [0.15, 0.2) is 24.3 Å². The Balaban J connectivity index is 2.30. The van der Waals surface area contributed by atoms with Gasteiger partial charge in [-0.1, -0.05) is 0 Å². The molecule has 1 aliphatic heterocycles. The van der Waals surface area contributed by atoms with E-state index in [0.29, 0.717) is 12.2 Å². The number of hydrogen-bond donors (Lipinski definition) is 2. The van der Waals surface area contributed by atoms with E-state index in [1.165, 1.54) is 0 Å². The normalized spacial score (nSPS) is 21.1. The predicted octanol–water partition coefficient (Wildman–Crippen LogP) is 1.19. The van der Waals surface area contributed by atoms with E-state index in [1.54, 1.807) is 17.0 Å². The van der Waals surface area contributed by atoms with Crippen molar-refractivity contribution in [2.24, 2.45) is 0 Å². The SMILES string of the molecule is CC1CNC(=O)N1c1ccc(N)cc1. The molecule has 14 heavy (non-hydrogen) atoms. The van der Waals surface area contributed by atoms with E-state index >= 15 is 0 Å². The van der Waals surface area contributed by atoms with Crippen LogP contribution in [0.3, 0.4) is 0 Å². The molecule has 4 nitrogen and oxygen atoms in total. The molecule has 0 aromatic heterocycles. The molecule has 0 saturated carbocycles. The van der Waals surface area contributed by atoms with E-state index < -0.39 is 0 Å². The van der Waals surface area contributed by atoms with Gasteiger partial charge in [0.1, 0.15) is 0 Å². The third-order valence-electron chi connectivity index (χ3n) is 2.38. The number of amides is 2. The number of carbonyl (C=O) groups is 1. The standard InChI is InChI=1S/C10H13N3O/c1-7-6-12-10(14)13(7)9-4-2-8(11)3-5-9/h2-5,7H,6,11H2,1H3,(H,12,14). The van der Waals surface area contributed by atoms with Crippen LogP contribution in [0.25, 0.3) is 0 Å². The number of nitrogen functional groups attached to an aromatic ring is 1. The number of carbonyl (C=O) groups excluding carboxylic acids is 1. The Morgan fingerprint density at radius 1 is 1.43 bits per heavy atom. The number of hydrogen-bond acceptors (Lipinski definition) is 2. The highest BCUT2D eigenvalue weighted by molar-refractivity contribution is 5.94. The molecule has 2 rings (SSSR count). The van der Waals surface area contributed by atoms with Gasteiger partial charge < -0.3 is 11.1 Å². The summed E-state index contributed by atoms with van der Waals surface area (Å²) in [7, 11) is 0. The summed E-state index contributed by atoms with van der Waals surface area (Å²) in [4.78, 5) is 13.2. The average Bonchev–Trinajstić information content (AvgIpc) is 2.49. The minimum absolute atomic E-state index is 0.0396. The first kappa shape index (κ1) is 8.87. The molecule has 3 N–H and O–H groups in total. The zero-order chi connectivity index (χ0) is 10.1. The van der Waals surface area contributed by atoms with E-state index in [1.807, 2.05) is 19.1 Å². The molecule has 1 heterocycles. The fraction of sp³-hybridized carbons (Fsp3) is 0.300. The summed E-state index contributed by atoms with van der Waals surface area (Å²) in [5.74, 6) is 0. The Morgan fingerprint density at radius 3 is 2.57 bits per heavy atom. The summed E-state index contributed by atoms with van der Waals surface area (Å²) in [6.07, 6.45) is 0. The Kier molecular flexibility index (Phi) is 2.04. The molecule has 1 unspecified atom stereocenters. The molecule has 1 aromatic rings. The van der Waals surface area contributed by atoms with Crippen molar-refractivity contribution in [1.29, 1.82) is 0 Å². The van der Waals surface area contributed by atoms with Gasteiger partial charge in [0.05, 0.1) is 6.04 Å². The summed E-state index contributed by atoms with van der Waals surface area (Å²) < 4.78 is 0. The van der Waals surface area contributed by atoms with Gasteiger partial charge in [0, 0.05) is 17.9 Å². The molecule has 1 saturated heterocycles. The third kappa shape index (κ3) is 1.39. The summed E-state index contributed by atoms with van der Waals surface area (Å²) in [6, 6.07) is 7.47. The van der Waals surface area contributed by atoms with Crippen LogP contribution < -0.4 is 16.0 Å². The van der Waals surface area contributed by atoms with E-state index in [9.17, 15) is 4.79 Å². The second-order valence-corrected chi connectivity index (χ2v) is 3.50. The maximum absolute atomic E-state index is 11.5. The monoisotopic (exact) mass is 191 g/mol. The molecule has 1 atom stereocenters. The highest BCUT2D eigenvalue weighted by atomic mass is 16.2. The minimum Gasteiger partial charge on any atom is -0.399 e. The summed E-state index contributed by atoms with van der Waals surface area (Å²) in [5, 5.41) is 2.79. The number of nitrogens with zero attached hydrogens (tertiary/aromatic N) is 1. The number of benzene rings is 1. The number of urea groups is 1. The second-order valence-electron chi connectivity index (χ2n) is 3.50. The fourth-order valence-corrected chi connectivity index (χ4v) is 1.62. The lowest BCUT2D eigenvalue weighted by Crippen LogP contribution is -2.32. The van der Waals surface area contributed by atoms with Crippen LogP contribution in [0.5, 0.6) is 0 Å². The van der Waals surface area contributed by atoms with Gasteiger partial charge in [-0.2, -0.15) is 0 Å². The molecule has 4 heteroatoms. The van der Waals surface area contributed by atoms with Crippen molar-refractivity contribution in [3.05, 3.63) is 24.3 Å². The first-order valence-corrected chi connectivity index (χ1v) is 4.61. The lowest BCUT2D eigenvalue weighted by Gasteiger charge is -2.19. The van der Waals surface area contributed by atoms with E-state index in [0.717, 1.165) is 5.69 Å². The molecule has 1 fully saturated rings. The Labute approximate surface area is 82.7 Å². The largest absolute Gasteiger partial charge is 0.399 e. The Hall–Kier alpha value is -1.71. The molecule has 0 radical (unpaired) electrons. The average molecular weight is 191 g/mol. The molecule has 1 aromatic carbocycles. The van der Waals surface area contributed by atoms with Crippen LogP contribution in [0, 0.1) is 0 Å². The molecule has 0 spiro atoms. The maximum Gasteiger partial charge on any atom is 0.322 e. The van der Waals surface area contributed by atoms with Gasteiger partial charge >= 0.3 is 6.03 Å². The molecule has 74 valence electrons. The molecular formula is C10H13N3O. The van der Waals surface area contributed by atoms with Crippen LogP contribution in [-0.2, 0) is 0 Å². The Bertz CT molecular complexity index is 347. The number of nitrogens with one attached hydrogen (secondary N) is 1. The lowest BCUT2D eigenvalue weighted by molar-refractivity contribution is 0.252. The van der Waals surface area contributed by atoms with Crippen molar-refractivity contribution in [1.82, 2.24) is 5.32 Å². The first-order valence-electron chi connectivity index (χ1n) is 4.61. The third-order valence-corrected chi connectivity index (χ3v) is 2.38. The highest BCUT2D eigenvalue weighted by Crippen LogP contribution is 2.21. The second kappa shape index (κ2) is 3.21. The predicted molar refractivity (Wildman–Crippen MR) is 56.2 cm³/mol. The van der Waals surface area contributed by atoms with Gasteiger partial charge in [-0.15, -0.1) is 0 Å². The molecule has 0 bridgehead atoms. The zero-order valence-electron chi connectivity index (χ0n) is 8.03. The number of anilines is 2. The van der Waals surface area contributed by atoms with Crippen LogP contribution in [-0.4, -0.2) is 18.6 Å². The van der Waals surface area contributed by atoms with Crippen molar-refractivity contribution >= 4 is 17.4 Å². The van der Waals surface area contributed by atoms with Gasteiger partial charge in [0.25, 0.3) is 0 Å². The Morgan fingerprint density at radius 2 is 2.07 bits per heavy atom. The number of rotatable bonds is 1. The topological polar surface area (TPSA) is 58.4 Å². The van der Waals surface area contributed by atoms with Gasteiger partial charge in [0.15, 0.2) is 0 Å². The van der Waals surface area contributed by atoms with Crippen LogP contribution in [0.2, 0.25) is 0 Å². The minimum atomic E-state index is -0.0396. The van der Waals surface area contributed by atoms with Gasteiger partial charge in [-0.3, -0.25) is 4.90 Å². The van der Waals surface area contributed by atoms with E-state index in [2.05, 4.69) is 5.32 Å². The highest BCUT2D eigenvalue weighted by Gasteiger charge is 2.27. The van der Waals surface area contributed by atoms with E-state index in [4.69, 9.17) is 5.73 Å². The maximum atomic E-state index is 11.5. The van der Waals surface area contributed by atoms with Gasteiger partial charge in [0.2, 0.25) is 0 Å². The zero-order valence-corrected chi connectivity index (χ0v) is 8.03. The van der Waals surface area contributed by atoms with Crippen LogP contribution in [0.4, 0.5) is 16.2 Å². The van der Waals surface area contributed by atoms with Gasteiger partial charge in [-0.05, 0) is 31.2 Å². The van der Waals surface area contributed by atoms with Crippen LogP contribution in [0.1, 0.15) is 6.92 Å². The first-order chi connectivity index (χ1) is 6.68. The molecule has 0 aliphatic carbocycles. The van der Waals surface area contributed by atoms with E-state index in [-0.39, 0.29) is 12.1 Å². The van der Waals surface area contributed by atoms with Gasteiger partial charge in [-0.25, -0.2) is 4.79 Å². The van der Waals surface area contributed by atoms with Crippen molar-refractivity contribution < 1.29 is 4.79 Å². The van der Waals surface area contributed by atoms with Crippen molar-refractivity contribution in [3.63, 3.8) is 0 Å². The molecule has 1 aliphatic rings. The summed E-state index contributed by atoms with van der Waals surface area (Å²) >= 11 is 0. The lowest BCUT2D eigenvalue weighted by atomic mass is 10.2.